The van der Waals surface area contributed by atoms with Gasteiger partial charge >= 0.3 is 6.09 Å². The number of amides is 2. The Kier molecular flexibility index (Phi) is 4.39. The molecule has 1 N–H and O–H groups in total. The van der Waals surface area contributed by atoms with E-state index in [1.165, 1.54) is 7.11 Å². The van der Waals surface area contributed by atoms with Gasteiger partial charge in [0, 0.05) is 36.7 Å². The number of methoxy groups -OCH3 is 1. The average molecular weight is 388 g/mol. The van der Waals surface area contributed by atoms with Gasteiger partial charge in [0.15, 0.2) is 0 Å². The Balaban J connectivity index is 1.57. The average Bonchev–Trinajstić information content (AvgIpc) is 3.22. The fraction of sp³-hybridized carbons (Fsp3) is 0.389. The first-order chi connectivity index (χ1) is 13.0. The number of thiocarbonyl (C=S) groups is 1. The molecule has 1 unspecified atom stereocenters. The maximum atomic E-state index is 12.4. The molecule has 0 spiro atoms. The summed E-state index contributed by atoms with van der Waals surface area (Å²) in [6.07, 6.45) is -0.719. The summed E-state index contributed by atoms with van der Waals surface area (Å²) in [5.74, 6) is 0.0137. The van der Waals surface area contributed by atoms with Crippen molar-refractivity contribution in [2.45, 2.75) is 12.6 Å². The van der Waals surface area contributed by atoms with Crippen LogP contribution in [0.2, 0.25) is 0 Å². The van der Waals surface area contributed by atoms with Crippen LogP contribution in [0.4, 0.5) is 10.5 Å². The van der Waals surface area contributed by atoms with Crippen molar-refractivity contribution in [3.05, 3.63) is 30.0 Å². The fourth-order valence-corrected chi connectivity index (χ4v) is 3.58. The largest absolute Gasteiger partial charge is 0.474 e. The summed E-state index contributed by atoms with van der Waals surface area (Å²) in [4.78, 5) is 27.9. The smallest absolute Gasteiger partial charge is 0.414 e. The molecule has 1 aromatic carbocycles. The van der Waals surface area contributed by atoms with E-state index in [-0.39, 0.29) is 17.2 Å². The van der Waals surface area contributed by atoms with Crippen molar-refractivity contribution >= 4 is 46.0 Å². The lowest BCUT2D eigenvalue weighted by Crippen LogP contribution is -2.36. The van der Waals surface area contributed by atoms with Gasteiger partial charge in [-0.1, -0.05) is 0 Å². The van der Waals surface area contributed by atoms with Gasteiger partial charge in [0.25, 0.3) is 11.1 Å². The molecule has 2 amide bonds. The maximum absolute atomic E-state index is 12.4. The lowest BCUT2D eigenvalue weighted by molar-refractivity contribution is 0.0751. The number of carbonyl (C=O) groups excluding carboxylic acids is 2. The van der Waals surface area contributed by atoms with Gasteiger partial charge in [-0.15, -0.1) is 0 Å². The minimum Gasteiger partial charge on any atom is -0.474 e. The second-order valence-corrected chi connectivity index (χ2v) is 7.01. The van der Waals surface area contributed by atoms with E-state index in [0.717, 1.165) is 23.1 Å². The number of rotatable bonds is 3. The number of hydrogen-bond donors (Lipinski definition) is 1. The third-order valence-electron chi connectivity index (χ3n) is 4.95. The van der Waals surface area contributed by atoms with E-state index in [9.17, 15) is 9.59 Å². The maximum Gasteiger partial charge on any atom is 0.414 e. The van der Waals surface area contributed by atoms with Crippen molar-refractivity contribution in [2.75, 3.05) is 38.7 Å². The number of aromatic nitrogens is 1. The first kappa shape index (κ1) is 17.6. The van der Waals surface area contributed by atoms with Crippen molar-refractivity contribution in [2.24, 2.45) is 0 Å². The molecule has 2 aliphatic rings. The Morgan fingerprint density at radius 2 is 2.15 bits per heavy atom. The van der Waals surface area contributed by atoms with Crippen molar-refractivity contribution in [1.82, 2.24) is 14.8 Å². The van der Waals surface area contributed by atoms with Crippen LogP contribution in [0.15, 0.2) is 24.3 Å². The molecule has 1 atom stereocenters. The Morgan fingerprint density at radius 1 is 1.33 bits per heavy atom. The number of hydrogen-bond acceptors (Lipinski definition) is 5. The zero-order valence-electron chi connectivity index (χ0n) is 15.1. The number of fused-ring (bicyclic) bond motifs is 3. The molecule has 1 saturated heterocycles. The Labute approximate surface area is 161 Å². The van der Waals surface area contributed by atoms with Crippen LogP contribution in [-0.4, -0.2) is 66.5 Å². The lowest BCUT2D eigenvalue weighted by atomic mass is 10.2. The first-order valence-electron chi connectivity index (χ1n) is 8.66. The van der Waals surface area contributed by atoms with Crippen LogP contribution in [0.25, 0.3) is 10.9 Å². The molecular weight excluding hydrogens is 368 g/mol. The third kappa shape index (κ3) is 3.08. The summed E-state index contributed by atoms with van der Waals surface area (Å²) in [5, 5.41) is 4.09. The molecule has 2 aromatic rings. The van der Waals surface area contributed by atoms with Crippen LogP contribution in [0.1, 0.15) is 10.5 Å². The number of anilines is 1. The van der Waals surface area contributed by atoms with E-state index in [1.54, 1.807) is 16.8 Å². The summed E-state index contributed by atoms with van der Waals surface area (Å²) in [5.41, 5.74) is 2.41. The SMILES string of the molecule is COC(=S)NCC1CN(c2ccc3c(c2)cc2n3CCN(C)C2=O)C(=O)O1. The molecule has 9 heteroatoms. The highest BCUT2D eigenvalue weighted by molar-refractivity contribution is 7.80. The molecule has 1 fully saturated rings. The molecule has 0 aliphatic carbocycles. The van der Waals surface area contributed by atoms with Crippen LogP contribution in [0.3, 0.4) is 0 Å². The second kappa shape index (κ2) is 6.73. The molecule has 4 rings (SSSR count). The number of nitrogens with one attached hydrogen (secondary N) is 1. The zero-order valence-corrected chi connectivity index (χ0v) is 15.9. The lowest BCUT2D eigenvalue weighted by Gasteiger charge is -2.24. The van der Waals surface area contributed by atoms with Gasteiger partial charge in [0.1, 0.15) is 11.8 Å². The minimum atomic E-state index is -0.399. The molecule has 1 aromatic heterocycles. The standard InChI is InChI=1S/C18H20N4O4S/c1-20-5-6-21-14-4-3-12(7-11(14)8-15(21)16(20)23)22-10-13(26-18(22)24)9-19-17(27)25-2/h3-4,7-8,13H,5-6,9-10H2,1-2H3,(H,19,27). The van der Waals surface area contributed by atoms with Crippen LogP contribution in [-0.2, 0) is 16.0 Å². The molecule has 142 valence electrons. The van der Waals surface area contributed by atoms with Crippen LogP contribution in [0.5, 0.6) is 0 Å². The van der Waals surface area contributed by atoms with Gasteiger partial charge in [0.2, 0.25) is 0 Å². The highest BCUT2D eigenvalue weighted by atomic mass is 32.1. The molecule has 0 radical (unpaired) electrons. The number of benzene rings is 1. The Morgan fingerprint density at radius 3 is 2.93 bits per heavy atom. The van der Waals surface area contributed by atoms with Gasteiger partial charge in [-0.2, -0.15) is 0 Å². The van der Waals surface area contributed by atoms with E-state index < -0.39 is 6.09 Å². The van der Waals surface area contributed by atoms with Crippen molar-refractivity contribution in [3.63, 3.8) is 0 Å². The van der Waals surface area contributed by atoms with Gasteiger partial charge in [-0.25, -0.2) is 4.79 Å². The van der Waals surface area contributed by atoms with Crippen molar-refractivity contribution in [3.8, 4) is 0 Å². The molecule has 0 bridgehead atoms. The second-order valence-electron chi connectivity index (χ2n) is 6.64. The van der Waals surface area contributed by atoms with E-state index in [4.69, 9.17) is 21.7 Å². The predicted molar refractivity (Wildman–Crippen MR) is 104 cm³/mol. The predicted octanol–water partition coefficient (Wildman–Crippen LogP) is 1.57. The Bertz CT molecular complexity index is 941. The monoisotopic (exact) mass is 388 g/mol. The van der Waals surface area contributed by atoms with Crippen LogP contribution < -0.4 is 10.2 Å². The molecule has 0 saturated carbocycles. The number of ether oxygens (including phenoxy) is 2. The molecule has 8 nitrogen and oxygen atoms in total. The molecule has 3 heterocycles. The summed E-state index contributed by atoms with van der Waals surface area (Å²) in [6.45, 7) is 2.25. The van der Waals surface area contributed by atoms with E-state index in [2.05, 4.69) is 5.32 Å². The van der Waals surface area contributed by atoms with Crippen LogP contribution >= 0.6 is 12.2 Å². The summed E-state index contributed by atoms with van der Waals surface area (Å²) in [6, 6.07) is 7.64. The van der Waals surface area contributed by atoms with Gasteiger partial charge in [-0.3, -0.25) is 9.69 Å². The van der Waals surface area contributed by atoms with Crippen molar-refractivity contribution in [1.29, 1.82) is 0 Å². The van der Waals surface area contributed by atoms with E-state index >= 15 is 0 Å². The quantitative estimate of drug-likeness (QED) is 0.805. The van der Waals surface area contributed by atoms with Gasteiger partial charge in [-0.05, 0) is 36.5 Å². The number of likely N-dealkylation sites (N-methyl/N-ethyl adjacent to an activating group) is 1. The van der Waals surface area contributed by atoms with Gasteiger partial charge in [0.05, 0.1) is 20.2 Å². The normalized spacial score (nSPS) is 19.3. The van der Waals surface area contributed by atoms with E-state index in [0.29, 0.717) is 25.3 Å². The number of nitrogens with zero attached hydrogens (tertiary/aromatic N) is 3. The van der Waals surface area contributed by atoms with Gasteiger partial charge < -0.3 is 24.3 Å². The topological polar surface area (TPSA) is 76.0 Å². The van der Waals surface area contributed by atoms with Crippen LogP contribution in [0, 0.1) is 0 Å². The highest BCUT2D eigenvalue weighted by Gasteiger charge is 2.33. The Hall–Kier alpha value is -2.81. The zero-order chi connectivity index (χ0) is 19.1. The summed E-state index contributed by atoms with van der Waals surface area (Å²) < 4.78 is 12.3. The number of carbonyl (C=O) groups is 2. The third-order valence-corrected chi connectivity index (χ3v) is 5.27. The van der Waals surface area contributed by atoms with E-state index in [1.807, 2.05) is 28.8 Å². The summed E-state index contributed by atoms with van der Waals surface area (Å²) in [7, 11) is 3.29. The molecule has 2 aliphatic heterocycles. The fourth-order valence-electron chi connectivity index (χ4n) is 3.50. The minimum absolute atomic E-state index is 0.0137. The molecular formula is C18H20N4O4S. The first-order valence-corrected chi connectivity index (χ1v) is 9.07. The highest BCUT2D eigenvalue weighted by Crippen LogP contribution is 2.29. The summed E-state index contributed by atoms with van der Waals surface area (Å²) >= 11 is 4.93. The number of cyclic esters (lactones) is 1. The molecule has 27 heavy (non-hydrogen) atoms. The van der Waals surface area contributed by atoms with Crippen molar-refractivity contribution < 1.29 is 19.1 Å².